The first-order valence-electron chi connectivity index (χ1n) is 7.35. The molecule has 0 saturated carbocycles. The third-order valence-electron chi connectivity index (χ3n) is 4.01. The fraction of sp³-hybridized carbons (Fsp3) is 0.500. The number of oxime groups is 1. The molecule has 0 aliphatic carbocycles. The Bertz CT molecular complexity index is 563. The Morgan fingerprint density at radius 3 is 2.55 bits per heavy atom. The summed E-state index contributed by atoms with van der Waals surface area (Å²) < 4.78 is 10.6. The van der Waals surface area contributed by atoms with Gasteiger partial charge in [0.05, 0.1) is 7.11 Å². The molecule has 1 fully saturated rings. The smallest absolute Gasteiger partial charge is 0.308 e. The maximum Gasteiger partial charge on any atom is 0.308 e. The van der Waals surface area contributed by atoms with Crippen molar-refractivity contribution in [2.75, 3.05) is 20.2 Å². The van der Waals surface area contributed by atoms with Gasteiger partial charge in [0.2, 0.25) is 0 Å². The van der Waals surface area contributed by atoms with Crippen molar-refractivity contribution in [3.8, 4) is 11.5 Å². The molecule has 0 amide bonds. The third kappa shape index (κ3) is 3.69. The van der Waals surface area contributed by atoms with E-state index in [9.17, 15) is 4.79 Å². The third-order valence-corrected chi connectivity index (χ3v) is 4.01. The lowest BCUT2D eigenvalue weighted by Crippen LogP contribution is -2.36. The van der Waals surface area contributed by atoms with Gasteiger partial charge in [-0.2, -0.15) is 0 Å². The Labute approximate surface area is 130 Å². The summed E-state index contributed by atoms with van der Waals surface area (Å²) in [7, 11) is 1.62. The minimum Gasteiger partial charge on any atom is -0.497 e. The van der Waals surface area contributed by atoms with Crippen molar-refractivity contribution < 1.29 is 19.5 Å². The average Bonchev–Trinajstić information content (AvgIpc) is 2.54. The van der Waals surface area contributed by atoms with Crippen molar-refractivity contribution >= 4 is 11.8 Å². The summed E-state index contributed by atoms with van der Waals surface area (Å²) in [4.78, 5) is 13.3. The van der Waals surface area contributed by atoms with Crippen molar-refractivity contribution in [2.24, 2.45) is 5.16 Å². The van der Waals surface area contributed by atoms with Gasteiger partial charge in [0, 0.05) is 25.6 Å². The molecule has 0 radical (unpaired) electrons. The summed E-state index contributed by atoms with van der Waals surface area (Å²) >= 11 is 0. The van der Waals surface area contributed by atoms with Crippen LogP contribution in [-0.4, -0.2) is 42.1 Å². The van der Waals surface area contributed by atoms with Crippen molar-refractivity contribution in [1.82, 2.24) is 4.90 Å². The Kier molecular flexibility index (Phi) is 5.25. The standard InChI is InChI=1S/C16H22N2O4/c1-11(17-20)18-8-6-13(7-9-18)15-10-14(21-3)4-5-16(15)22-12(2)19/h4-5,10,13,20H,6-9H2,1-3H3. The molecule has 0 spiro atoms. The number of nitrogens with zero attached hydrogens (tertiary/aromatic N) is 2. The van der Waals surface area contributed by atoms with Crippen LogP contribution in [0, 0.1) is 0 Å². The van der Waals surface area contributed by atoms with Gasteiger partial charge in [-0.3, -0.25) is 4.79 Å². The largest absolute Gasteiger partial charge is 0.497 e. The van der Waals surface area contributed by atoms with Crippen molar-refractivity contribution in [3.05, 3.63) is 23.8 Å². The Hall–Kier alpha value is -2.24. The Morgan fingerprint density at radius 1 is 1.32 bits per heavy atom. The summed E-state index contributed by atoms with van der Waals surface area (Å²) in [6.45, 7) is 4.79. The maximum absolute atomic E-state index is 11.3. The zero-order chi connectivity index (χ0) is 16.1. The lowest BCUT2D eigenvalue weighted by Gasteiger charge is -2.33. The molecule has 2 rings (SSSR count). The molecule has 1 saturated heterocycles. The molecule has 1 N–H and O–H groups in total. The zero-order valence-corrected chi connectivity index (χ0v) is 13.2. The lowest BCUT2D eigenvalue weighted by atomic mass is 9.88. The van der Waals surface area contributed by atoms with E-state index in [1.807, 2.05) is 11.0 Å². The molecule has 1 aliphatic heterocycles. The molecular weight excluding hydrogens is 284 g/mol. The lowest BCUT2D eigenvalue weighted by molar-refractivity contribution is -0.131. The summed E-state index contributed by atoms with van der Waals surface area (Å²) in [6.07, 6.45) is 1.79. The molecule has 6 heteroatoms. The molecule has 6 nitrogen and oxygen atoms in total. The number of piperidine rings is 1. The van der Waals surface area contributed by atoms with Gasteiger partial charge in [-0.1, -0.05) is 5.16 Å². The number of ether oxygens (including phenoxy) is 2. The SMILES string of the molecule is COc1ccc(OC(C)=O)c(C2CCN(C(C)=NO)CC2)c1. The van der Waals surface area contributed by atoms with Crippen LogP contribution >= 0.6 is 0 Å². The Morgan fingerprint density at radius 2 is 2.00 bits per heavy atom. The van der Waals surface area contributed by atoms with Crippen LogP contribution in [-0.2, 0) is 4.79 Å². The van der Waals surface area contributed by atoms with Gasteiger partial charge < -0.3 is 19.6 Å². The van der Waals surface area contributed by atoms with Crippen LogP contribution < -0.4 is 9.47 Å². The van der Waals surface area contributed by atoms with Crippen LogP contribution in [0.25, 0.3) is 0 Å². The van der Waals surface area contributed by atoms with Crippen molar-refractivity contribution in [1.29, 1.82) is 0 Å². The zero-order valence-electron chi connectivity index (χ0n) is 13.2. The highest BCUT2D eigenvalue weighted by molar-refractivity contribution is 5.79. The number of amidine groups is 1. The van der Waals surface area contributed by atoms with E-state index >= 15 is 0 Å². The summed E-state index contributed by atoms with van der Waals surface area (Å²) in [5, 5.41) is 12.1. The summed E-state index contributed by atoms with van der Waals surface area (Å²) in [5.41, 5.74) is 0.993. The van der Waals surface area contributed by atoms with Crippen LogP contribution in [0.3, 0.4) is 0 Å². The Balaban J connectivity index is 2.19. The summed E-state index contributed by atoms with van der Waals surface area (Å²) in [6, 6.07) is 5.51. The molecule has 22 heavy (non-hydrogen) atoms. The molecule has 0 atom stereocenters. The van der Waals surface area contributed by atoms with Gasteiger partial charge in [0.1, 0.15) is 17.3 Å². The highest BCUT2D eigenvalue weighted by Gasteiger charge is 2.25. The van der Waals surface area contributed by atoms with Gasteiger partial charge in [-0.05, 0) is 43.9 Å². The number of esters is 1. The maximum atomic E-state index is 11.3. The normalized spacial score (nSPS) is 16.5. The molecule has 0 aromatic heterocycles. The number of carbonyl (C=O) groups is 1. The van der Waals surface area contributed by atoms with E-state index in [1.165, 1.54) is 6.92 Å². The van der Waals surface area contributed by atoms with E-state index in [0.29, 0.717) is 11.6 Å². The van der Waals surface area contributed by atoms with Gasteiger partial charge in [0.15, 0.2) is 0 Å². The average molecular weight is 306 g/mol. The van der Waals surface area contributed by atoms with Crippen molar-refractivity contribution in [3.63, 3.8) is 0 Å². The van der Waals surface area contributed by atoms with E-state index in [-0.39, 0.29) is 11.9 Å². The fourth-order valence-corrected chi connectivity index (χ4v) is 2.80. The highest BCUT2D eigenvalue weighted by atomic mass is 16.5. The van der Waals surface area contributed by atoms with Crippen molar-refractivity contribution in [2.45, 2.75) is 32.6 Å². The van der Waals surface area contributed by atoms with E-state index in [2.05, 4.69) is 5.16 Å². The minimum absolute atomic E-state index is 0.284. The van der Waals surface area contributed by atoms with Crippen LogP contribution in [0.2, 0.25) is 0 Å². The van der Waals surface area contributed by atoms with Crippen LogP contribution in [0.15, 0.2) is 23.4 Å². The van der Waals surface area contributed by atoms with Crippen LogP contribution in [0.1, 0.15) is 38.2 Å². The second-order valence-corrected chi connectivity index (χ2v) is 5.41. The molecule has 1 aromatic carbocycles. The molecule has 0 unspecified atom stereocenters. The molecule has 1 aliphatic rings. The quantitative estimate of drug-likeness (QED) is 0.232. The minimum atomic E-state index is -0.327. The number of carbonyl (C=O) groups excluding carboxylic acids is 1. The first kappa shape index (κ1) is 16.1. The highest BCUT2D eigenvalue weighted by Crippen LogP contribution is 2.36. The van der Waals surface area contributed by atoms with E-state index in [4.69, 9.17) is 14.7 Å². The molecule has 1 aromatic rings. The predicted molar refractivity (Wildman–Crippen MR) is 82.7 cm³/mol. The number of methoxy groups -OCH3 is 1. The first-order chi connectivity index (χ1) is 10.5. The van der Waals surface area contributed by atoms with Gasteiger partial charge in [0.25, 0.3) is 0 Å². The van der Waals surface area contributed by atoms with E-state index in [1.54, 1.807) is 26.2 Å². The van der Waals surface area contributed by atoms with Gasteiger partial charge in [-0.15, -0.1) is 0 Å². The van der Waals surface area contributed by atoms with Gasteiger partial charge >= 0.3 is 5.97 Å². The summed E-state index contributed by atoms with van der Waals surface area (Å²) in [5.74, 6) is 1.93. The molecule has 1 heterocycles. The number of benzene rings is 1. The molecule has 120 valence electrons. The van der Waals surface area contributed by atoms with Crippen LogP contribution in [0.4, 0.5) is 0 Å². The number of hydrogen-bond acceptors (Lipinski definition) is 5. The topological polar surface area (TPSA) is 71.4 Å². The molecular formula is C16H22N2O4. The van der Waals surface area contributed by atoms with Gasteiger partial charge in [-0.25, -0.2) is 0 Å². The number of hydrogen-bond donors (Lipinski definition) is 1. The predicted octanol–water partition coefficient (Wildman–Crippen LogP) is 2.61. The molecule has 0 bridgehead atoms. The van der Waals surface area contributed by atoms with E-state index < -0.39 is 0 Å². The second kappa shape index (κ2) is 7.15. The van der Waals surface area contributed by atoms with E-state index in [0.717, 1.165) is 37.2 Å². The number of likely N-dealkylation sites (tertiary alicyclic amines) is 1. The first-order valence-corrected chi connectivity index (χ1v) is 7.35. The monoisotopic (exact) mass is 306 g/mol. The van der Waals surface area contributed by atoms with Crippen LogP contribution in [0.5, 0.6) is 11.5 Å². The second-order valence-electron chi connectivity index (χ2n) is 5.41. The number of rotatable bonds is 3. The fourth-order valence-electron chi connectivity index (χ4n) is 2.80.